The van der Waals surface area contributed by atoms with Gasteiger partial charge in [0.25, 0.3) is 0 Å². The summed E-state index contributed by atoms with van der Waals surface area (Å²) in [6.07, 6.45) is 14.2. The number of aryl methyl sites for hydroxylation is 9. The molecule has 1 heterocycles. The van der Waals surface area contributed by atoms with E-state index in [1.54, 1.807) is 26.4 Å². The second-order valence-electron chi connectivity index (χ2n) is 19.6. The molecule has 0 unspecified atom stereocenters. The van der Waals surface area contributed by atoms with Crippen LogP contribution in [0.5, 0.6) is 23.0 Å². The quantitative estimate of drug-likeness (QED) is 0.104. The number of ether oxygens (including phenoxy) is 2. The molecule has 9 nitrogen and oxygen atoms in total. The van der Waals surface area contributed by atoms with Crippen molar-refractivity contribution >= 4 is 86.5 Å². The average molecular weight is 1130 g/mol. The van der Waals surface area contributed by atoms with E-state index in [0.717, 1.165) is 88.5 Å². The van der Waals surface area contributed by atoms with Crippen LogP contribution in [0.25, 0.3) is 0 Å². The second-order valence-corrected chi connectivity index (χ2v) is 23.1. The van der Waals surface area contributed by atoms with Gasteiger partial charge in [0.1, 0.15) is 17.2 Å². The molecule has 5 aromatic carbocycles. The first-order valence-electron chi connectivity index (χ1n) is 24.0. The van der Waals surface area contributed by atoms with E-state index in [-0.39, 0.29) is 34.9 Å². The van der Waals surface area contributed by atoms with Gasteiger partial charge in [-0.1, -0.05) is 64.1 Å². The van der Waals surface area contributed by atoms with Crippen LogP contribution >= 0.6 is 58.0 Å². The number of alkyl halides is 3. The number of halogens is 8. The van der Waals surface area contributed by atoms with Crippen LogP contribution in [0.1, 0.15) is 120 Å². The first kappa shape index (κ1) is 56.9. The maximum atomic E-state index is 12.2. The molecule has 0 spiro atoms. The van der Waals surface area contributed by atoms with Crippen molar-refractivity contribution in [3.05, 3.63) is 141 Å². The summed E-state index contributed by atoms with van der Waals surface area (Å²) in [7, 11) is -2.83. The number of Topliss-reactive ketones (excluding diaryl/α,β-unsaturated/α-hetero) is 1. The van der Waals surface area contributed by atoms with Gasteiger partial charge in [-0.2, -0.15) is 21.6 Å². The van der Waals surface area contributed by atoms with E-state index in [1.165, 1.54) is 77.6 Å². The van der Waals surface area contributed by atoms with Crippen LogP contribution in [0.2, 0.25) is 25.1 Å². The number of aromatic hydroxyl groups is 1. The maximum Gasteiger partial charge on any atom is 0.534 e. The van der Waals surface area contributed by atoms with Gasteiger partial charge in [0.05, 0.1) is 45.5 Å². The fraction of sp³-hybridized carbons (Fsp3) is 0.426. The molecule has 19 heteroatoms. The van der Waals surface area contributed by atoms with Crippen LogP contribution < -0.4 is 19.1 Å². The third-order valence-corrected chi connectivity index (χ3v) is 16.7. The number of benzene rings is 5. The number of ketones is 1. The van der Waals surface area contributed by atoms with E-state index in [2.05, 4.69) is 50.1 Å². The Morgan fingerprint density at radius 3 is 1.36 bits per heavy atom. The number of rotatable bonds is 5. The number of methoxy groups -OCH3 is 2. The summed E-state index contributed by atoms with van der Waals surface area (Å²) in [5, 5.41) is 11.7. The second kappa shape index (κ2) is 23.2. The predicted octanol–water partition coefficient (Wildman–Crippen LogP) is 14.0. The highest BCUT2D eigenvalue weighted by Crippen LogP contribution is 2.40. The first-order valence-corrected chi connectivity index (χ1v) is 27.3. The summed E-state index contributed by atoms with van der Waals surface area (Å²) in [5.74, 6) is 1.31. The zero-order valence-electron chi connectivity index (χ0n) is 41.4. The Labute approximate surface area is 451 Å². The third-order valence-electron chi connectivity index (χ3n) is 14.2. The molecule has 392 valence electrons. The van der Waals surface area contributed by atoms with Crippen molar-refractivity contribution in [1.82, 2.24) is 0 Å². The SMILES string of the molecule is CC1(C)OB(c2cc3c(cc2Cl)CCC3)OC1(C)C.COc1cc2c(cc1Cl)CCC2.COc1cc2c(cc1Cl)CCC2=O.O=S(=O)(Oc1cc2c(cc1Cl)CCC2)C(F)(F)F.Oc1cc2c(cc1Cl)CCC2. The van der Waals surface area contributed by atoms with Crippen LogP contribution in [-0.2, 0) is 77.2 Å². The number of carbonyl (C=O) groups excluding carboxylic acids is 1. The lowest BCUT2D eigenvalue weighted by Gasteiger charge is -2.32. The highest BCUT2D eigenvalue weighted by atomic mass is 35.5. The highest BCUT2D eigenvalue weighted by Gasteiger charge is 2.52. The van der Waals surface area contributed by atoms with E-state index in [4.69, 9.17) is 76.8 Å². The number of hydrogen-bond donors (Lipinski definition) is 1. The summed E-state index contributed by atoms with van der Waals surface area (Å²) in [6.45, 7) is 8.26. The topological polar surface area (TPSA) is 118 Å². The molecule has 0 amide bonds. The van der Waals surface area contributed by atoms with Crippen LogP contribution in [0.3, 0.4) is 0 Å². The number of carbonyl (C=O) groups is 1. The van der Waals surface area contributed by atoms with E-state index >= 15 is 0 Å². The van der Waals surface area contributed by atoms with Crippen molar-refractivity contribution in [3.8, 4) is 23.0 Å². The summed E-state index contributed by atoms with van der Waals surface area (Å²) < 4.78 is 84.6. The zero-order chi connectivity index (χ0) is 53.2. The minimum absolute atomic E-state index is 0.136. The Balaban J connectivity index is 0.000000136. The lowest BCUT2D eigenvalue weighted by atomic mass is 9.77. The Bertz CT molecular complexity index is 2960. The van der Waals surface area contributed by atoms with Crippen molar-refractivity contribution in [1.29, 1.82) is 0 Å². The fourth-order valence-corrected chi connectivity index (χ4v) is 11.2. The van der Waals surface area contributed by atoms with E-state index in [0.29, 0.717) is 28.6 Å². The smallest absolute Gasteiger partial charge is 0.506 e. The molecule has 1 aliphatic heterocycles. The minimum Gasteiger partial charge on any atom is -0.506 e. The van der Waals surface area contributed by atoms with Gasteiger partial charge in [-0.05, 0) is 216 Å². The standard InChI is InChI=1S/C15H20BClO2.C10H8ClF3O3S.C10H9ClO2.C10H11ClO.C9H9ClO/c1-14(2)15(3,4)19-16(18-14)12-8-10-6-5-7-11(10)9-13(12)17;11-8-4-6-2-1-3-7(6)5-9(8)17-18(15,16)10(12,13)14;1-13-10-5-7-6(4-8(10)11)2-3-9(7)12;1-12-10-6-8-4-2-3-7(8)5-9(10)11;10-8-4-6-2-1-3-7(6)5-9(8)11/h8-9H,5-7H2,1-4H3;4-5H,1-3H2;4-5H,2-3H2,1H3;5-6H,2-4H2,1H3;4-5,11H,1-3H2. The largest absolute Gasteiger partial charge is 0.534 e. The Morgan fingerprint density at radius 1 is 0.521 bits per heavy atom. The molecule has 1 N–H and O–H groups in total. The molecular weight excluding hydrogens is 1070 g/mol. The molecule has 73 heavy (non-hydrogen) atoms. The number of hydrogen-bond acceptors (Lipinski definition) is 9. The maximum absolute atomic E-state index is 12.2. The van der Waals surface area contributed by atoms with Gasteiger partial charge in [0.2, 0.25) is 0 Å². The van der Waals surface area contributed by atoms with Crippen LogP contribution in [0.15, 0.2) is 60.7 Å². The molecule has 11 rings (SSSR count). The van der Waals surface area contributed by atoms with Crippen molar-refractivity contribution < 1.29 is 54.5 Å². The van der Waals surface area contributed by atoms with Crippen molar-refractivity contribution in [3.63, 3.8) is 0 Å². The lowest BCUT2D eigenvalue weighted by molar-refractivity contribution is -0.0500. The Morgan fingerprint density at radius 2 is 0.890 bits per heavy atom. The first-order chi connectivity index (χ1) is 34.3. The number of fused-ring (bicyclic) bond motifs is 5. The molecule has 6 aliphatic rings. The molecule has 0 radical (unpaired) electrons. The van der Waals surface area contributed by atoms with Gasteiger partial charge in [0.15, 0.2) is 11.5 Å². The van der Waals surface area contributed by atoms with Crippen LogP contribution in [0, 0.1) is 0 Å². The van der Waals surface area contributed by atoms with Crippen LogP contribution in [0.4, 0.5) is 13.2 Å². The zero-order valence-corrected chi connectivity index (χ0v) is 46.0. The number of phenolic OH excluding ortho intramolecular Hbond substituents is 1. The van der Waals surface area contributed by atoms with Gasteiger partial charge >= 0.3 is 22.7 Å². The molecule has 1 saturated heterocycles. The molecule has 1 fully saturated rings. The van der Waals surface area contributed by atoms with E-state index in [9.17, 15) is 31.5 Å². The van der Waals surface area contributed by atoms with Gasteiger partial charge in [-0.25, -0.2) is 0 Å². The van der Waals surface area contributed by atoms with Crippen molar-refractivity contribution in [2.45, 2.75) is 134 Å². The summed E-state index contributed by atoms with van der Waals surface area (Å²) >= 11 is 29.8. The van der Waals surface area contributed by atoms with E-state index < -0.39 is 21.4 Å². The van der Waals surface area contributed by atoms with Gasteiger partial charge in [-0.3, -0.25) is 4.79 Å². The van der Waals surface area contributed by atoms with Crippen LogP contribution in [-0.4, -0.2) is 57.4 Å². The molecule has 0 bridgehead atoms. The predicted molar refractivity (Wildman–Crippen MR) is 284 cm³/mol. The Kier molecular flexibility index (Phi) is 18.0. The molecule has 0 saturated carbocycles. The normalized spacial score (nSPS) is 17.2. The number of phenols is 1. The van der Waals surface area contributed by atoms with Crippen molar-refractivity contribution in [2.24, 2.45) is 0 Å². The van der Waals surface area contributed by atoms with Gasteiger partial charge in [-0.15, -0.1) is 0 Å². The highest BCUT2D eigenvalue weighted by molar-refractivity contribution is 7.88. The molecule has 0 atom stereocenters. The van der Waals surface area contributed by atoms with E-state index in [1.807, 2.05) is 18.2 Å². The molecule has 5 aromatic rings. The third kappa shape index (κ3) is 13.2. The molecular formula is C54H57BCl5F3O9S. The van der Waals surface area contributed by atoms with Crippen molar-refractivity contribution in [2.75, 3.05) is 14.2 Å². The van der Waals surface area contributed by atoms with Gasteiger partial charge < -0.3 is 28.1 Å². The fourth-order valence-electron chi connectivity index (χ4n) is 9.47. The molecule has 5 aliphatic carbocycles. The summed E-state index contributed by atoms with van der Waals surface area (Å²) in [6, 6.07) is 18.3. The lowest BCUT2D eigenvalue weighted by Crippen LogP contribution is -2.41. The summed E-state index contributed by atoms with van der Waals surface area (Å²) in [5.41, 5.74) is 6.48. The van der Waals surface area contributed by atoms with Gasteiger partial charge in [0, 0.05) is 22.5 Å². The summed E-state index contributed by atoms with van der Waals surface area (Å²) in [4.78, 5) is 11.3. The average Bonchev–Trinajstić information content (AvgIpc) is 4.20. The molecule has 0 aromatic heterocycles. The monoisotopic (exact) mass is 1120 g/mol. The minimum atomic E-state index is -5.68. The Hall–Kier alpha value is -3.86.